The van der Waals surface area contributed by atoms with Crippen LogP contribution in [-0.4, -0.2) is 134 Å². The largest absolute Gasteiger partial charge is 0.348 e. The second kappa shape index (κ2) is 19.2. The first-order valence-electron chi connectivity index (χ1n) is 13.6. The van der Waals surface area contributed by atoms with Crippen molar-refractivity contribution in [2.24, 2.45) is 0 Å². The molecule has 0 bridgehead atoms. The zero-order valence-electron chi connectivity index (χ0n) is 24.3. The average Bonchev–Trinajstić information content (AvgIpc) is 3.55. The molecule has 1 aliphatic heterocycles. The molecule has 2 rings (SSSR count). The van der Waals surface area contributed by atoms with Crippen LogP contribution in [0.5, 0.6) is 0 Å². The summed E-state index contributed by atoms with van der Waals surface area (Å²) in [5.74, 6) is -7.61. The van der Waals surface area contributed by atoms with Gasteiger partial charge in [0.2, 0.25) is 59.1 Å². The van der Waals surface area contributed by atoms with Gasteiger partial charge in [-0.05, 0) is 0 Å². The smallest absolute Gasteiger partial charge is 0.243 e. The molecule has 1 aliphatic rings. The highest BCUT2D eigenvalue weighted by Gasteiger charge is 2.23. The maximum absolute atomic E-state index is 12.8. The number of H-pyrrole nitrogens is 1. The van der Waals surface area contributed by atoms with Crippen molar-refractivity contribution in [2.75, 3.05) is 58.9 Å². The summed E-state index contributed by atoms with van der Waals surface area (Å²) >= 11 is 0. The summed E-state index contributed by atoms with van der Waals surface area (Å²) in [4.78, 5) is 127. The molecule has 250 valence electrons. The van der Waals surface area contributed by atoms with Crippen molar-refractivity contribution in [3.8, 4) is 0 Å². The maximum Gasteiger partial charge on any atom is 0.243 e. The Labute approximate surface area is 260 Å². The first kappa shape index (κ1) is 36.1. The molecule has 0 radical (unpaired) electrons. The Kier molecular flexibility index (Phi) is 15.1. The highest BCUT2D eigenvalue weighted by Crippen LogP contribution is 1.99. The molecule has 0 unspecified atom stereocenters. The standard InChI is InChI=1S/C24H34N12O10/c37-15-3-26-16(38)4-28-18(40)6-30-20(42)8-32-22(44)10-34-24(46)14(1-13-2-25-12-35-13)36-23(45)11-33-21(43)9-31-19(41)7-29-17(39)5-27-15/h2,12,14H,1,3-11H2,(H,25,35)(H,26,38)(H,27,37)(H,28,40)(H,29,39)(H,30,42)(H,31,41)(H,32,44)(H,33,43)(H,34,46)(H,36,45)/t14-/m0/s1. The molecule has 11 N–H and O–H groups in total. The summed E-state index contributed by atoms with van der Waals surface area (Å²) in [6.45, 7) is -4.94. The number of carbonyl (C=O) groups is 10. The summed E-state index contributed by atoms with van der Waals surface area (Å²) in [5, 5.41) is 22.4. The minimum Gasteiger partial charge on any atom is -0.348 e. The first-order chi connectivity index (χ1) is 21.9. The number of carbonyl (C=O) groups excluding carboxylic acids is 10. The van der Waals surface area contributed by atoms with Crippen LogP contribution in [-0.2, 0) is 54.4 Å². The Morgan fingerprint density at radius 3 is 1.07 bits per heavy atom. The molecule has 2 heterocycles. The Morgan fingerprint density at radius 1 is 0.457 bits per heavy atom. The van der Waals surface area contributed by atoms with E-state index in [9.17, 15) is 47.9 Å². The first-order valence-corrected chi connectivity index (χ1v) is 13.6. The molecule has 0 saturated carbocycles. The van der Waals surface area contributed by atoms with Gasteiger partial charge >= 0.3 is 0 Å². The van der Waals surface area contributed by atoms with Crippen LogP contribution in [0.4, 0.5) is 0 Å². The quantitative estimate of drug-likeness (QED) is 0.143. The van der Waals surface area contributed by atoms with Gasteiger partial charge in [-0.3, -0.25) is 47.9 Å². The van der Waals surface area contributed by atoms with E-state index in [1.165, 1.54) is 12.5 Å². The number of nitrogens with zero attached hydrogens (tertiary/aromatic N) is 1. The average molecular weight is 651 g/mol. The number of hydrogen-bond acceptors (Lipinski definition) is 11. The molecular weight excluding hydrogens is 616 g/mol. The highest BCUT2D eigenvalue weighted by molar-refractivity contribution is 5.95. The predicted molar refractivity (Wildman–Crippen MR) is 151 cm³/mol. The van der Waals surface area contributed by atoms with Crippen molar-refractivity contribution in [3.63, 3.8) is 0 Å². The molecule has 1 atom stereocenters. The van der Waals surface area contributed by atoms with Crippen molar-refractivity contribution in [2.45, 2.75) is 12.5 Å². The van der Waals surface area contributed by atoms with E-state index in [1.807, 2.05) is 0 Å². The Bertz CT molecular complexity index is 1320. The van der Waals surface area contributed by atoms with E-state index in [4.69, 9.17) is 0 Å². The summed E-state index contributed by atoms with van der Waals surface area (Å²) in [7, 11) is 0. The number of imidazole rings is 1. The van der Waals surface area contributed by atoms with Crippen LogP contribution in [0, 0.1) is 0 Å². The molecule has 1 aromatic rings. The third kappa shape index (κ3) is 15.4. The van der Waals surface area contributed by atoms with Gasteiger partial charge in [0.25, 0.3) is 0 Å². The second-order valence-electron chi connectivity index (χ2n) is 9.33. The van der Waals surface area contributed by atoms with Crippen LogP contribution < -0.4 is 53.2 Å². The maximum atomic E-state index is 12.8. The topological polar surface area (TPSA) is 320 Å². The molecule has 0 aliphatic carbocycles. The van der Waals surface area contributed by atoms with E-state index in [0.717, 1.165) is 0 Å². The fraction of sp³-hybridized carbons (Fsp3) is 0.458. The number of rotatable bonds is 2. The third-order valence-corrected chi connectivity index (χ3v) is 5.62. The van der Waals surface area contributed by atoms with E-state index in [2.05, 4.69) is 63.1 Å². The Hall–Kier alpha value is -6.09. The molecule has 1 fully saturated rings. The van der Waals surface area contributed by atoms with Gasteiger partial charge in [0, 0.05) is 18.3 Å². The zero-order valence-corrected chi connectivity index (χ0v) is 24.3. The fourth-order valence-corrected chi connectivity index (χ4v) is 3.29. The van der Waals surface area contributed by atoms with Crippen molar-refractivity contribution >= 4 is 59.1 Å². The number of nitrogens with one attached hydrogen (secondary N) is 11. The van der Waals surface area contributed by atoms with Crippen LogP contribution in [0.3, 0.4) is 0 Å². The van der Waals surface area contributed by atoms with Crippen LogP contribution in [0.1, 0.15) is 5.69 Å². The molecule has 22 nitrogen and oxygen atoms in total. The van der Waals surface area contributed by atoms with E-state index in [-0.39, 0.29) is 6.42 Å². The molecule has 1 saturated heterocycles. The summed E-state index contributed by atoms with van der Waals surface area (Å²) < 4.78 is 0. The van der Waals surface area contributed by atoms with E-state index in [0.29, 0.717) is 5.69 Å². The Morgan fingerprint density at radius 2 is 0.761 bits per heavy atom. The van der Waals surface area contributed by atoms with Gasteiger partial charge in [-0.15, -0.1) is 0 Å². The van der Waals surface area contributed by atoms with Gasteiger partial charge in [-0.2, -0.15) is 0 Å². The summed E-state index contributed by atoms with van der Waals surface area (Å²) in [6, 6.07) is -1.21. The number of amides is 10. The normalized spacial score (nSPS) is 20.1. The van der Waals surface area contributed by atoms with Crippen molar-refractivity contribution in [1.82, 2.24) is 63.1 Å². The monoisotopic (exact) mass is 650 g/mol. The minimum absolute atomic E-state index is 0.0648. The van der Waals surface area contributed by atoms with E-state index < -0.39 is 124 Å². The molecule has 0 spiro atoms. The molecule has 10 amide bonds. The lowest BCUT2D eigenvalue weighted by atomic mass is 10.1. The SMILES string of the molecule is O=C1CNC(=O)CNC(=O)CNC(=O)CNC(=O)CNC(=O)[C@H](Cc2cnc[nH]2)NC(=O)CNC(=O)CNC(=O)CNC(=O)CN1. The van der Waals surface area contributed by atoms with Gasteiger partial charge < -0.3 is 58.2 Å². The van der Waals surface area contributed by atoms with Crippen LogP contribution >= 0.6 is 0 Å². The van der Waals surface area contributed by atoms with Crippen LogP contribution in [0.25, 0.3) is 0 Å². The Balaban J connectivity index is 1.99. The number of aromatic nitrogens is 2. The lowest BCUT2D eigenvalue weighted by Gasteiger charge is -2.18. The number of hydrogen-bond donors (Lipinski definition) is 11. The number of aromatic amines is 1. The second-order valence-corrected chi connectivity index (χ2v) is 9.33. The van der Waals surface area contributed by atoms with Crippen molar-refractivity contribution in [3.05, 3.63) is 18.2 Å². The lowest BCUT2D eigenvalue weighted by molar-refractivity contribution is -0.131. The van der Waals surface area contributed by atoms with Crippen LogP contribution in [0.2, 0.25) is 0 Å². The van der Waals surface area contributed by atoms with Crippen LogP contribution in [0.15, 0.2) is 12.5 Å². The fourth-order valence-electron chi connectivity index (χ4n) is 3.29. The lowest BCUT2D eigenvalue weighted by Crippen LogP contribution is -2.53. The molecule has 0 aromatic carbocycles. The molecular formula is C24H34N12O10. The predicted octanol–water partition coefficient (Wildman–Crippen LogP) is -8.50. The van der Waals surface area contributed by atoms with Gasteiger partial charge in [-0.1, -0.05) is 0 Å². The zero-order chi connectivity index (χ0) is 33.9. The van der Waals surface area contributed by atoms with Crippen molar-refractivity contribution in [1.29, 1.82) is 0 Å². The third-order valence-electron chi connectivity index (χ3n) is 5.62. The van der Waals surface area contributed by atoms with E-state index in [1.54, 1.807) is 0 Å². The molecule has 46 heavy (non-hydrogen) atoms. The van der Waals surface area contributed by atoms with Gasteiger partial charge in [0.15, 0.2) is 0 Å². The molecule has 1 aromatic heterocycles. The van der Waals surface area contributed by atoms with Gasteiger partial charge in [0.1, 0.15) is 6.04 Å². The minimum atomic E-state index is -1.21. The molecule has 22 heteroatoms. The van der Waals surface area contributed by atoms with Gasteiger partial charge in [0.05, 0.1) is 65.2 Å². The van der Waals surface area contributed by atoms with Crippen molar-refractivity contribution < 1.29 is 47.9 Å². The van der Waals surface area contributed by atoms with Gasteiger partial charge in [-0.25, -0.2) is 4.98 Å². The summed E-state index contributed by atoms with van der Waals surface area (Å²) in [5.41, 5.74) is 0.463. The highest BCUT2D eigenvalue weighted by atomic mass is 16.2. The summed E-state index contributed by atoms with van der Waals surface area (Å²) in [6.07, 6.45) is 2.69. The van der Waals surface area contributed by atoms with E-state index >= 15 is 0 Å².